The lowest BCUT2D eigenvalue weighted by Gasteiger charge is -1.90. The average molecular weight is 212 g/mol. The molecule has 0 spiro atoms. The van der Waals surface area contributed by atoms with Crippen molar-refractivity contribution in [1.82, 2.24) is 9.66 Å². The number of nitrogens with two attached hydrogens (primary N) is 1. The van der Waals surface area contributed by atoms with Crippen molar-refractivity contribution >= 4 is 15.9 Å². The zero-order valence-corrected chi connectivity index (χ0v) is 6.83. The van der Waals surface area contributed by atoms with E-state index in [1.807, 2.05) is 0 Å². The Morgan fingerprint density at radius 3 is 2.45 bits per heavy atom. The normalized spacial score (nSPS) is 8.64. The van der Waals surface area contributed by atoms with E-state index in [0.29, 0.717) is 0 Å². The molecule has 0 amide bonds. The Morgan fingerprint density at radius 2 is 2.09 bits per heavy atom. The molecule has 0 fully saturated rings. The van der Waals surface area contributed by atoms with Crippen LogP contribution >= 0.6 is 15.9 Å². The Bertz CT molecular complexity index is 365. The van der Waals surface area contributed by atoms with E-state index < -0.39 is 0 Å². The fraction of sp³-hybridized carbons (Fsp3) is 0. The Hall–Kier alpha value is -1.53. The Balaban J connectivity index is 3.45. The predicted molar refractivity (Wildman–Crippen MR) is 39.5 cm³/mol. The first-order valence-corrected chi connectivity index (χ1v) is 3.33. The van der Waals surface area contributed by atoms with Crippen molar-refractivity contribution in [3.05, 3.63) is 16.1 Å². The summed E-state index contributed by atoms with van der Waals surface area (Å²) < 4.78 is 1.28. The number of hydrogen-bond acceptors (Lipinski definition) is 4. The highest BCUT2D eigenvalue weighted by molar-refractivity contribution is 9.10. The summed E-state index contributed by atoms with van der Waals surface area (Å²) in [7, 11) is 0. The van der Waals surface area contributed by atoms with E-state index in [4.69, 9.17) is 16.4 Å². The molecule has 0 bridgehead atoms. The van der Waals surface area contributed by atoms with Crippen LogP contribution in [0.4, 0.5) is 0 Å². The van der Waals surface area contributed by atoms with E-state index in [2.05, 4.69) is 20.9 Å². The van der Waals surface area contributed by atoms with Crippen LogP contribution in [0.1, 0.15) is 11.4 Å². The van der Waals surface area contributed by atoms with Gasteiger partial charge in [0.1, 0.15) is 12.1 Å². The number of aromatic nitrogens is 2. The minimum Gasteiger partial charge on any atom is -0.336 e. The van der Waals surface area contributed by atoms with E-state index in [9.17, 15) is 0 Å². The van der Waals surface area contributed by atoms with Crippen LogP contribution < -0.4 is 5.84 Å². The lowest BCUT2D eigenvalue weighted by Crippen LogP contribution is -2.10. The van der Waals surface area contributed by atoms with Crippen LogP contribution in [0.5, 0.6) is 0 Å². The third-order valence-corrected chi connectivity index (χ3v) is 1.64. The zero-order valence-electron chi connectivity index (χ0n) is 5.24. The molecule has 0 radical (unpaired) electrons. The molecule has 1 aromatic rings. The van der Waals surface area contributed by atoms with Crippen LogP contribution in [-0.4, -0.2) is 9.66 Å². The highest BCUT2D eigenvalue weighted by Crippen LogP contribution is 2.11. The summed E-state index contributed by atoms with van der Waals surface area (Å²) >= 11 is 2.97. The molecule has 0 aromatic carbocycles. The van der Waals surface area contributed by atoms with Crippen molar-refractivity contribution in [3.8, 4) is 12.1 Å². The van der Waals surface area contributed by atoms with Gasteiger partial charge in [0.15, 0.2) is 16.1 Å². The smallest absolute Gasteiger partial charge is 0.198 e. The van der Waals surface area contributed by atoms with Crippen molar-refractivity contribution in [1.29, 1.82) is 10.5 Å². The SMILES string of the molecule is N#Cc1nc(Br)n(N)c1C#N. The Kier molecular flexibility index (Phi) is 1.79. The Morgan fingerprint density at radius 1 is 1.45 bits per heavy atom. The molecular formula is C5H2BrN5. The van der Waals surface area contributed by atoms with Crippen LogP contribution in [0.25, 0.3) is 0 Å². The van der Waals surface area contributed by atoms with Gasteiger partial charge in [0, 0.05) is 0 Å². The quantitative estimate of drug-likeness (QED) is 0.617. The topological polar surface area (TPSA) is 91.4 Å². The summed E-state index contributed by atoms with van der Waals surface area (Å²) in [5, 5.41) is 16.9. The number of nitrogen functional groups attached to an aromatic ring is 1. The molecule has 0 unspecified atom stereocenters. The van der Waals surface area contributed by atoms with Crippen LogP contribution in [-0.2, 0) is 0 Å². The van der Waals surface area contributed by atoms with Gasteiger partial charge in [-0.3, -0.25) is 0 Å². The standard InChI is InChI=1S/C5H2BrN5/c6-5-10-3(1-7)4(2-8)11(5)9/h9H2. The van der Waals surface area contributed by atoms with E-state index in [-0.39, 0.29) is 16.1 Å². The zero-order chi connectivity index (χ0) is 8.43. The maximum Gasteiger partial charge on any atom is 0.198 e. The van der Waals surface area contributed by atoms with Crippen molar-refractivity contribution in [3.63, 3.8) is 0 Å². The van der Waals surface area contributed by atoms with E-state index >= 15 is 0 Å². The minimum absolute atomic E-state index is 0.0295. The first kappa shape index (κ1) is 7.58. The number of halogens is 1. The first-order valence-electron chi connectivity index (χ1n) is 2.54. The van der Waals surface area contributed by atoms with Gasteiger partial charge in [-0.2, -0.15) is 10.5 Å². The molecular weight excluding hydrogens is 210 g/mol. The number of hydrogen-bond donors (Lipinski definition) is 1. The molecule has 1 aromatic heterocycles. The maximum absolute atomic E-state index is 8.48. The highest BCUT2D eigenvalue weighted by Gasteiger charge is 2.11. The maximum atomic E-state index is 8.48. The van der Waals surface area contributed by atoms with Gasteiger partial charge in [0.05, 0.1) is 0 Å². The van der Waals surface area contributed by atoms with Gasteiger partial charge in [0.25, 0.3) is 0 Å². The number of imidazole rings is 1. The molecule has 0 aliphatic rings. The average Bonchev–Trinajstić information content (AvgIpc) is 2.28. The molecule has 2 N–H and O–H groups in total. The minimum atomic E-state index is 0.0295. The monoisotopic (exact) mass is 211 g/mol. The first-order chi connectivity index (χ1) is 5.20. The second kappa shape index (κ2) is 2.60. The van der Waals surface area contributed by atoms with Gasteiger partial charge in [0.2, 0.25) is 0 Å². The summed E-state index contributed by atoms with van der Waals surface area (Å²) in [4.78, 5) is 3.67. The van der Waals surface area contributed by atoms with Gasteiger partial charge < -0.3 is 5.84 Å². The molecule has 6 heteroatoms. The molecule has 1 heterocycles. The molecule has 0 aliphatic carbocycles. The summed E-state index contributed by atoms with van der Waals surface area (Å²) in [5.74, 6) is 5.32. The van der Waals surface area contributed by atoms with E-state index in [1.165, 1.54) is 0 Å². The Labute approximate surface area is 70.8 Å². The second-order valence-corrected chi connectivity index (χ2v) is 2.38. The van der Waals surface area contributed by atoms with Crippen molar-refractivity contribution in [2.24, 2.45) is 0 Å². The molecule has 11 heavy (non-hydrogen) atoms. The molecule has 54 valence electrons. The molecule has 0 saturated carbocycles. The van der Waals surface area contributed by atoms with Gasteiger partial charge in [-0.05, 0) is 15.9 Å². The van der Waals surface area contributed by atoms with Crippen molar-refractivity contribution in [2.75, 3.05) is 5.84 Å². The third-order valence-electron chi connectivity index (χ3n) is 1.08. The molecule has 0 saturated heterocycles. The van der Waals surface area contributed by atoms with Crippen molar-refractivity contribution < 1.29 is 0 Å². The molecule has 5 nitrogen and oxygen atoms in total. The van der Waals surface area contributed by atoms with Crippen LogP contribution in [0.15, 0.2) is 4.73 Å². The third kappa shape index (κ3) is 1.04. The molecule has 1 rings (SSSR count). The fourth-order valence-electron chi connectivity index (χ4n) is 0.590. The number of nitrogens with zero attached hydrogens (tertiary/aromatic N) is 4. The second-order valence-electron chi connectivity index (χ2n) is 1.67. The largest absolute Gasteiger partial charge is 0.336 e. The van der Waals surface area contributed by atoms with Crippen molar-refractivity contribution in [2.45, 2.75) is 0 Å². The molecule has 0 aliphatic heterocycles. The van der Waals surface area contributed by atoms with Gasteiger partial charge in [-0.15, -0.1) is 0 Å². The summed E-state index contributed by atoms with van der Waals surface area (Å²) in [5.41, 5.74) is 0.0845. The lowest BCUT2D eigenvalue weighted by molar-refractivity contribution is 0.943. The number of rotatable bonds is 0. The highest BCUT2D eigenvalue weighted by atomic mass is 79.9. The van der Waals surface area contributed by atoms with E-state index in [0.717, 1.165) is 4.68 Å². The summed E-state index contributed by atoms with van der Waals surface area (Å²) in [6.45, 7) is 0. The van der Waals surface area contributed by atoms with Crippen LogP contribution in [0.2, 0.25) is 0 Å². The summed E-state index contributed by atoms with van der Waals surface area (Å²) in [6.07, 6.45) is 0. The van der Waals surface area contributed by atoms with Gasteiger partial charge in [-0.25, -0.2) is 9.66 Å². The van der Waals surface area contributed by atoms with Crippen LogP contribution in [0.3, 0.4) is 0 Å². The molecule has 0 atom stereocenters. The number of nitriles is 2. The summed E-state index contributed by atoms with van der Waals surface area (Å²) in [6, 6.07) is 3.50. The van der Waals surface area contributed by atoms with Gasteiger partial charge >= 0.3 is 0 Å². The fourth-order valence-corrected chi connectivity index (χ4v) is 0.945. The van der Waals surface area contributed by atoms with Crippen LogP contribution in [0, 0.1) is 22.7 Å². The lowest BCUT2D eigenvalue weighted by atomic mass is 10.4. The van der Waals surface area contributed by atoms with E-state index in [1.54, 1.807) is 12.1 Å². The van der Waals surface area contributed by atoms with Gasteiger partial charge in [-0.1, -0.05) is 0 Å². The predicted octanol–water partition coefficient (Wildman–Crippen LogP) is 0.103.